The second-order valence-corrected chi connectivity index (χ2v) is 16.6. The van der Waals surface area contributed by atoms with Gasteiger partial charge in [0.15, 0.2) is 0 Å². The Morgan fingerprint density at radius 2 is 1.34 bits per heavy atom. The first-order valence-electron chi connectivity index (χ1n) is 22.1. The SMILES string of the molecule is COC(=O)N[C@@H](Cc1ccc(OCc2ccccc2)cc1)C(=O)N1CCC[C@H]1c1ncc(-c2ccc(-c3ccc(-c4cnc([C@@H]5CCCN5C[C@H](OC(N)=O)[C@@H](C)OC)[nH]4)cc3)cc2)[nH]1. The van der Waals surface area contributed by atoms with Crippen molar-refractivity contribution in [3.05, 3.63) is 138 Å². The first-order chi connectivity index (χ1) is 31.6. The first-order valence-corrected chi connectivity index (χ1v) is 22.1. The number of carbonyl (C=O) groups excluding carboxylic acids is 3. The van der Waals surface area contributed by atoms with Gasteiger partial charge in [0.1, 0.15) is 36.2 Å². The van der Waals surface area contributed by atoms with Crippen molar-refractivity contribution < 1.29 is 33.3 Å². The molecule has 2 aliphatic rings. The van der Waals surface area contributed by atoms with Crippen molar-refractivity contribution in [2.45, 2.75) is 76.0 Å². The van der Waals surface area contributed by atoms with Gasteiger partial charge in [0, 0.05) is 26.6 Å². The number of amides is 3. The van der Waals surface area contributed by atoms with Crippen molar-refractivity contribution in [3.8, 4) is 39.4 Å². The van der Waals surface area contributed by atoms with Crippen LogP contribution in [0.25, 0.3) is 33.6 Å². The van der Waals surface area contributed by atoms with Crippen LogP contribution in [-0.4, -0.2) is 99.9 Å². The Morgan fingerprint density at radius 3 is 1.94 bits per heavy atom. The summed E-state index contributed by atoms with van der Waals surface area (Å²) < 4.78 is 21.7. The van der Waals surface area contributed by atoms with Gasteiger partial charge in [-0.25, -0.2) is 19.6 Å². The molecule has 8 rings (SSSR count). The van der Waals surface area contributed by atoms with Crippen LogP contribution in [0.5, 0.6) is 5.75 Å². The number of nitrogens with two attached hydrogens (primary N) is 1. The number of carbonyl (C=O) groups is 3. The van der Waals surface area contributed by atoms with Crippen molar-refractivity contribution in [2.75, 3.05) is 33.9 Å². The molecule has 0 bridgehead atoms. The maximum absolute atomic E-state index is 14.2. The van der Waals surface area contributed by atoms with Crippen LogP contribution in [0.2, 0.25) is 0 Å². The predicted octanol–water partition coefficient (Wildman–Crippen LogP) is 7.98. The average Bonchev–Trinajstić information content (AvgIpc) is 4.19. The molecule has 0 spiro atoms. The number of alkyl carbamates (subject to hydrolysis) is 1. The van der Waals surface area contributed by atoms with Crippen LogP contribution in [-0.2, 0) is 32.0 Å². The summed E-state index contributed by atoms with van der Waals surface area (Å²) in [5, 5.41) is 2.77. The van der Waals surface area contributed by atoms with Crippen molar-refractivity contribution in [1.29, 1.82) is 0 Å². The number of imidazole rings is 2. The van der Waals surface area contributed by atoms with Crippen molar-refractivity contribution in [3.63, 3.8) is 0 Å². The molecule has 4 aromatic carbocycles. The van der Waals surface area contributed by atoms with E-state index in [0.717, 1.165) is 82.8 Å². The highest BCUT2D eigenvalue weighted by molar-refractivity contribution is 5.86. The van der Waals surface area contributed by atoms with Crippen LogP contribution in [0.3, 0.4) is 0 Å². The number of methoxy groups -OCH3 is 2. The standard InChI is InChI=1S/C50H56N8O7/c1-32(62-2)45(65-49(51)60)30-57-25-7-11-43(57)46-52-28-41(54-46)37-19-15-35(16-20-37)36-17-21-38(22-18-36)42-29-53-47(55-42)44-12-8-26-58(44)48(59)40(56-50(61)63-3)27-33-13-23-39(24-14-33)64-31-34-9-5-4-6-10-34/h4-6,9-10,13-24,28-29,32,40,43-45H,7-8,11-12,25-27,30-31H2,1-3H3,(H2,51,60)(H,52,54)(H,53,55)(H,56,61)/t32-,40+,43+,44+,45+/m1/s1. The third kappa shape index (κ3) is 10.9. The maximum Gasteiger partial charge on any atom is 0.407 e. The first kappa shape index (κ1) is 44.6. The Morgan fingerprint density at radius 1 is 0.754 bits per heavy atom. The monoisotopic (exact) mass is 880 g/mol. The summed E-state index contributed by atoms with van der Waals surface area (Å²) >= 11 is 0. The van der Waals surface area contributed by atoms with E-state index in [1.165, 1.54) is 7.11 Å². The minimum Gasteiger partial charge on any atom is -0.489 e. The normalized spacial score (nSPS) is 17.6. The highest BCUT2D eigenvalue weighted by atomic mass is 16.6. The smallest absolute Gasteiger partial charge is 0.407 e. The zero-order chi connectivity index (χ0) is 45.3. The van der Waals surface area contributed by atoms with Crippen LogP contribution in [0.1, 0.15) is 67.5 Å². The number of ether oxygens (including phenoxy) is 4. The van der Waals surface area contributed by atoms with Crippen LogP contribution >= 0.6 is 0 Å². The molecule has 2 saturated heterocycles. The Balaban J connectivity index is 0.889. The number of H-pyrrole nitrogens is 2. The Bertz CT molecular complexity index is 2510. The summed E-state index contributed by atoms with van der Waals surface area (Å²) in [5.41, 5.74) is 13.2. The lowest BCUT2D eigenvalue weighted by molar-refractivity contribution is -0.134. The van der Waals surface area contributed by atoms with Crippen molar-refractivity contribution in [2.24, 2.45) is 5.73 Å². The van der Waals surface area contributed by atoms with E-state index in [1.54, 1.807) is 7.11 Å². The predicted molar refractivity (Wildman–Crippen MR) is 245 cm³/mol. The molecule has 0 saturated carbocycles. The summed E-state index contributed by atoms with van der Waals surface area (Å²) in [5.74, 6) is 2.09. The van der Waals surface area contributed by atoms with E-state index in [9.17, 15) is 14.4 Å². The third-order valence-corrected chi connectivity index (χ3v) is 12.4. The van der Waals surface area contributed by atoms with E-state index in [2.05, 4.69) is 68.7 Å². The van der Waals surface area contributed by atoms with Gasteiger partial charge in [-0.05, 0) is 84.7 Å². The van der Waals surface area contributed by atoms with Crippen LogP contribution in [0.15, 0.2) is 116 Å². The average molecular weight is 881 g/mol. The second-order valence-electron chi connectivity index (χ2n) is 16.6. The van der Waals surface area contributed by atoms with Gasteiger partial charge in [-0.2, -0.15) is 0 Å². The van der Waals surface area contributed by atoms with Crippen molar-refractivity contribution in [1.82, 2.24) is 35.1 Å². The topological polar surface area (TPSA) is 190 Å². The van der Waals surface area contributed by atoms with E-state index < -0.39 is 24.3 Å². The number of likely N-dealkylation sites (tertiary alicyclic amines) is 2. The molecule has 2 aliphatic heterocycles. The molecule has 3 amide bonds. The van der Waals surface area contributed by atoms with Gasteiger partial charge in [-0.1, -0.05) is 91.0 Å². The molecule has 338 valence electrons. The minimum absolute atomic E-state index is 0.0597. The molecule has 2 fully saturated rings. The van der Waals surface area contributed by atoms with Crippen LogP contribution in [0.4, 0.5) is 9.59 Å². The Labute approximate surface area is 378 Å². The van der Waals surface area contributed by atoms with E-state index in [1.807, 2.05) is 78.8 Å². The number of hydrogen-bond acceptors (Lipinski definition) is 10. The Kier molecular flexibility index (Phi) is 14.2. The quantitative estimate of drug-likeness (QED) is 0.0699. The molecular formula is C50H56N8O7. The van der Waals surface area contributed by atoms with Gasteiger partial charge in [0.25, 0.3) is 0 Å². The zero-order valence-electron chi connectivity index (χ0n) is 36.9. The molecule has 0 radical (unpaired) electrons. The highest BCUT2D eigenvalue weighted by Crippen LogP contribution is 2.35. The fourth-order valence-corrected chi connectivity index (χ4v) is 8.77. The largest absolute Gasteiger partial charge is 0.489 e. The lowest BCUT2D eigenvalue weighted by atomic mass is 10.0. The number of rotatable bonds is 17. The number of benzene rings is 4. The summed E-state index contributed by atoms with van der Waals surface area (Å²) in [6.45, 7) is 4.21. The van der Waals surface area contributed by atoms with E-state index in [-0.39, 0.29) is 30.5 Å². The summed E-state index contributed by atoms with van der Waals surface area (Å²) in [6, 6.07) is 33.1. The van der Waals surface area contributed by atoms with Gasteiger partial charge < -0.3 is 44.9 Å². The number of primary amides is 1. The molecular weight excluding hydrogens is 825 g/mol. The fourth-order valence-electron chi connectivity index (χ4n) is 8.77. The van der Waals surface area contributed by atoms with Crippen molar-refractivity contribution >= 4 is 18.1 Å². The zero-order valence-corrected chi connectivity index (χ0v) is 36.9. The summed E-state index contributed by atoms with van der Waals surface area (Å²) in [7, 11) is 2.88. The third-order valence-electron chi connectivity index (χ3n) is 12.4. The summed E-state index contributed by atoms with van der Waals surface area (Å²) in [6.07, 6.45) is 5.18. The maximum atomic E-state index is 14.2. The van der Waals surface area contributed by atoms with Gasteiger partial charge in [0.05, 0.1) is 49.1 Å². The molecule has 0 aliphatic carbocycles. The lowest BCUT2D eigenvalue weighted by Gasteiger charge is -2.30. The number of hydrogen-bond donors (Lipinski definition) is 4. The minimum atomic E-state index is -0.837. The van der Waals surface area contributed by atoms with Gasteiger partial charge in [-0.15, -0.1) is 0 Å². The molecule has 65 heavy (non-hydrogen) atoms. The molecule has 15 nitrogen and oxygen atoms in total. The molecule has 5 N–H and O–H groups in total. The summed E-state index contributed by atoms with van der Waals surface area (Å²) in [4.78, 5) is 58.8. The highest BCUT2D eigenvalue weighted by Gasteiger charge is 2.37. The second kappa shape index (κ2) is 20.7. The number of aromatic nitrogens is 4. The number of nitrogens with one attached hydrogen (secondary N) is 3. The molecule has 2 aromatic heterocycles. The van der Waals surface area contributed by atoms with Gasteiger partial charge in [0.2, 0.25) is 5.91 Å². The van der Waals surface area contributed by atoms with Gasteiger partial charge in [-0.3, -0.25) is 9.69 Å². The fraction of sp³-hybridized carbons (Fsp3) is 0.340. The molecule has 15 heteroatoms. The van der Waals surface area contributed by atoms with E-state index in [0.29, 0.717) is 31.3 Å². The molecule has 4 heterocycles. The van der Waals surface area contributed by atoms with E-state index >= 15 is 0 Å². The molecule has 0 unspecified atom stereocenters. The Hall–Kier alpha value is -6.97. The number of aromatic amines is 2. The van der Waals surface area contributed by atoms with Gasteiger partial charge >= 0.3 is 12.2 Å². The molecule has 5 atom stereocenters. The lowest BCUT2D eigenvalue weighted by Crippen LogP contribution is -2.49. The van der Waals surface area contributed by atoms with E-state index in [4.69, 9.17) is 34.6 Å². The van der Waals surface area contributed by atoms with Crippen LogP contribution in [0, 0.1) is 0 Å². The van der Waals surface area contributed by atoms with Crippen LogP contribution < -0.4 is 15.8 Å². The number of nitrogens with zero attached hydrogens (tertiary/aromatic N) is 4. The molecule has 6 aromatic rings.